The molecule has 138 valence electrons. The first-order valence-corrected chi connectivity index (χ1v) is 10.4. The Kier molecular flexibility index (Phi) is 5.44. The first-order valence-electron chi connectivity index (χ1n) is 8.90. The van der Waals surface area contributed by atoms with E-state index in [2.05, 4.69) is 4.72 Å². The molecule has 0 saturated carbocycles. The molecule has 1 heterocycles. The topological polar surface area (TPSA) is 66.5 Å². The second-order valence-corrected chi connectivity index (χ2v) is 8.35. The molecule has 0 bridgehead atoms. The first-order chi connectivity index (χ1) is 12.4. The summed E-state index contributed by atoms with van der Waals surface area (Å²) in [4.78, 5) is 13.7. The van der Waals surface area contributed by atoms with Gasteiger partial charge in [-0.25, -0.2) is 13.1 Å². The van der Waals surface area contributed by atoms with Gasteiger partial charge >= 0.3 is 0 Å². The summed E-state index contributed by atoms with van der Waals surface area (Å²) in [6, 6.07) is 14.1. The fraction of sp³-hybridized carbons (Fsp3) is 0.350. The number of aryl methyl sites for hydroxylation is 1. The lowest BCUT2D eigenvalue weighted by Gasteiger charge is -2.19. The normalized spacial score (nSPS) is 16.1. The van der Waals surface area contributed by atoms with Crippen molar-refractivity contribution in [1.82, 2.24) is 4.72 Å². The number of anilines is 1. The van der Waals surface area contributed by atoms with Gasteiger partial charge in [0.2, 0.25) is 15.9 Å². The highest BCUT2D eigenvalue weighted by molar-refractivity contribution is 7.89. The monoisotopic (exact) mass is 372 g/mol. The summed E-state index contributed by atoms with van der Waals surface area (Å²) in [5.41, 5.74) is 2.83. The third-order valence-corrected chi connectivity index (χ3v) is 6.21. The molecule has 1 atom stereocenters. The minimum atomic E-state index is -3.64. The van der Waals surface area contributed by atoms with Crippen LogP contribution in [0.3, 0.4) is 0 Å². The zero-order chi connectivity index (χ0) is 18.7. The number of carbonyl (C=O) groups excluding carboxylic acids is 1. The Balaban J connectivity index is 1.78. The predicted molar refractivity (Wildman–Crippen MR) is 103 cm³/mol. The van der Waals surface area contributed by atoms with Crippen LogP contribution in [0.4, 0.5) is 5.69 Å². The van der Waals surface area contributed by atoms with E-state index in [4.69, 9.17) is 0 Å². The molecular weight excluding hydrogens is 348 g/mol. The molecule has 1 saturated heterocycles. The summed E-state index contributed by atoms with van der Waals surface area (Å²) in [6.45, 7) is 4.64. The third kappa shape index (κ3) is 3.97. The van der Waals surface area contributed by atoms with Crippen LogP contribution < -0.4 is 9.62 Å². The van der Waals surface area contributed by atoms with Gasteiger partial charge in [0.15, 0.2) is 0 Å². The van der Waals surface area contributed by atoms with Gasteiger partial charge in [-0.05, 0) is 49.6 Å². The number of nitrogens with zero attached hydrogens (tertiary/aromatic N) is 1. The van der Waals surface area contributed by atoms with Gasteiger partial charge in [0, 0.05) is 24.7 Å². The predicted octanol–water partition coefficient (Wildman–Crippen LogP) is 3.55. The maximum Gasteiger partial charge on any atom is 0.241 e. The average Bonchev–Trinajstić information content (AvgIpc) is 3.06. The van der Waals surface area contributed by atoms with Crippen molar-refractivity contribution in [2.75, 3.05) is 11.4 Å². The zero-order valence-corrected chi connectivity index (χ0v) is 15.9. The molecular formula is C20H24N2O3S. The molecule has 0 aliphatic carbocycles. The van der Waals surface area contributed by atoms with Crippen LogP contribution in [0, 0.1) is 6.92 Å². The van der Waals surface area contributed by atoms with Crippen molar-refractivity contribution in [1.29, 1.82) is 0 Å². The van der Waals surface area contributed by atoms with Crippen molar-refractivity contribution in [3.63, 3.8) is 0 Å². The quantitative estimate of drug-likeness (QED) is 0.843. The van der Waals surface area contributed by atoms with Gasteiger partial charge in [0.25, 0.3) is 0 Å². The van der Waals surface area contributed by atoms with Gasteiger partial charge in [0.1, 0.15) is 0 Å². The Morgan fingerprint density at radius 3 is 2.27 bits per heavy atom. The molecule has 3 rings (SSSR count). The molecule has 26 heavy (non-hydrogen) atoms. The van der Waals surface area contributed by atoms with Crippen LogP contribution in [0.5, 0.6) is 0 Å². The number of nitrogens with one attached hydrogen (secondary N) is 1. The van der Waals surface area contributed by atoms with E-state index < -0.39 is 10.0 Å². The van der Waals surface area contributed by atoms with Crippen LogP contribution in [-0.4, -0.2) is 20.9 Å². The molecule has 0 unspecified atom stereocenters. The fourth-order valence-electron chi connectivity index (χ4n) is 3.17. The molecule has 2 aromatic carbocycles. The number of rotatable bonds is 6. The summed E-state index contributed by atoms with van der Waals surface area (Å²) in [5, 5.41) is 0. The van der Waals surface area contributed by atoms with E-state index in [1.54, 1.807) is 29.2 Å². The minimum absolute atomic E-state index is 0.0872. The van der Waals surface area contributed by atoms with Gasteiger partial charge in [-0.3, -0.25) is 4.79 Å². The molecule has 6 heteroatoms. The van der Waals surface area contributed by atoms with Crippen LogP contribution in [0.15, 0.2) is 53.4 Å². The van der Waals surface area contributed by atoms with Gasteiger partial charge in [-0.15, -0.1) is 0 Å². The lowest BCUT2D eigenvalue weighted by Crippen LogP contribution is -2.28. The van der Waals surface area contributed by atoms with E-state index in [1.807, 2.05) is 38.1 Å². The van der Waals surface area contributed by atoms with Crippen molar-refractivity contribution in [2.24, 2.45) is 0 Å². The van der Waals surface area contributed by atoms with Crippen molar-refractivity contribution >= 4 is 21.6 Å². The maximum atomic E-state index is 12.7. The summed E-state index contributed by atoms with van der Waals surface area (Å²) in [6.07, 6.45) is 2.05. The molecule has 1 fully saturated rings. The van der Waals surface area contributed by atoms with E-state index in [-0.39, 0.29) is 16.8 Å². The van der Waals surface area contributed by atoms with Crippen molar-refractivity contribution in [3.05, 3.63) is 59.7 Å². The minimum Gasteiger partial charge on any atom is -0.312 e. The molecule has 0 radical (unpaired) electrons. The molecule has 1 N–H and O–H groups in total. The molecule has 1 aliphatic rings. The number of carbonyl (C=O) groups is 1. The van der Waals surface area contributed by atoms with Gasteiger partial charge in [-0.2, -0.15) is 0 Å². The number of hydrogen-bond acceptors (Lipinski definition) is 3. The Hall–Kier alpha value is -2.18. The van der Waals surface area contributed by atoms with E-state index in [1.165, 1.54) is 0 Å². The van der Waals surface area contributed by atoms with Crippen molar-refractivity contribution in [2.45, 2.75) is 44.0 Å². The lowest BCUT2D eigenvalue weighted by atomic mass is 10.0. The van der Waals surface area contributed by atoms with Crippen molar-refractivity contribution < 1.29 is 13.2 Å². The summed E-state index contributed by atoms with van der Waals surface area (Å²) in [5.74, 6) is 0.0872. The largest absolute Gasteiger partial charge is 0.312 e. The molecule has 0 spiro atoms. The van der Waals surface area contributed by atoms with Gasteiger partial charge in [0.05, 0.1) is 4.90 Å². The Morgan fingerprint density at radius 2 is 1.73 bits per heavy atom. The molecule has 0 aromatic heterocycles. The van der Waals surface area contributed by atoms with E-state index in [9.17, 15) is 13.2 Å². The summed E-state index contributed by atoms with van der Waals surface area (Å²) in [7, 11) is -3.64. The number of benzene rings is 2. The Bertz CT molecular complexity index is 874. The second kappa shape index (κ2) is 7.60. The molecule has 5 nitrogen and oxygen atoms in total. The maximum absolute atomic E-state index is 12.7. The van der Waals surface area contributed by atoms with Crippen LogP contribution >= 0.6 is 0 Å². The summed E-state index contributed by atoms with van der Waals surface area (Å²) < 4.78 is 28.3. The zero-order valence-electron chi connectivity index (χ0n) is 15.1. The second-order valence-electron chi connectivity index (χ2n) is 6.64. The van der Waals surface area contributed by atoms with E-state index in [0.29, 0.717) is 19.4 Å². The van der Waals surface area contributed by atoms with E-state index in [0.717, 1.165) is 23.2 Å². The number of sulfonamides is 1. The Labute approximate surface area is 155 Å². The van der Waals surface area contributed by atoms with E-state index >= 15 is 0 Å². The Morgan fingerprint density at radius 1 is 1.08 bits per heavy atom. The SMILES string of the molecule is CC[C@@H](NS(=O)(=O)c1ccc(N2CCCC2=O)cc1)c1ccc(C)cc1. The average molecular weight is 372 g/mol. The number of amides is 1. The molecule has 1 amide bonds. The molecule has 2 aromatic rings. The fourth-order valence-corrected chi connectivity index (χ4v) is 4.48. The number of hydrogen-bond donors (Lipinski definition) is 1. The smallest absolute Gasteiger partial charge is 0.241 e. The van der Waals surface area contributed by atoms with Crippen molar-refractivity contribution in [3.8, 4) is 0 Å². The standard InChI is InChI=1S/C20H24N2O3S/c1-3-19(16-8-6-15(2)7-9-16)21-26(24,25)18-12-10-17(11-13-18)22-14-4-5-20(22)23/h6-13,19,21H,3-5,14H2,1-2H3/t19-/m1/s1. The summed E-state index contributed by atoms with van der Waals surface area (Å²) >= 11 is 0. The van der Waals surface area contributed by atoms with Crippen LogP contribution in [0.2, 0.25) is 0 Å². The van der Waals surface area contributed by atoms with Crippen LogP contribution in [0.1, 0.15) is 43.4 Å². The highest BCUT2D eigenvalue weighted by atomic mass is 32.2. The highest BCUT2D eigenvalue weighted by Gasteiger charge is 2.23. The lowest BCUT2D eigenvalue weighted by molar-refractivity contribution is -0.117. The third-order valence-electron chi connectivity index (χ3n) is 4.72. The van der Waals surface area contributed by atoms with Crippen LogP contribution in [-0.2, 0) is 14.8 Å². The first kappa shape index (κ1) is 18.6. The van der Waals surface area contributed by atoms with Gasteiger partial charge < -0.3 is 4.90 Å². The highest BCUT2D eigenvalue weighted by Crippen LogP contribution is 2.25. The van der Waals surface area contributed by atoms with Gasteiger partial charge in [-0.1, -0.05) is 36.8 Å². The molecule has 1 aliphatic heterocycles. The van der Waals surface area contributed by atoms with Crippen LogP contribution in [0.25, 0.3) is 0 Å².